The highest BCUT2D eigenvalue weighted by Crippen LogP contribution is 2.27. The van der Waals surface area contributed by atoms with E-state index < -0.39 is 5.82 Å². The summed E-state index contributed by atoms with van der Waals surface area (Å²) in [6, 6.07) is 2.68. The van der Waals surface area contributed by atoms with Crippen molar-refractivity contribution in [2.45, 2.75) is 4.90 Å². The molecule has 0 amide bonds. The van der Waals surface area contributed by atoms with E-state index in [0.717, 1.165) is 0 Å². The van der Waals surface area contributed by atoms with E-state index in [9.17, 15) is 4.39 Å². The predicted octanol–water partition coefficient (Wildman–Crippen LogP) is 2.35. The fourth-order valence-corrected chi connectivity index (χ4v) is 0.973. The second kappa shape index (κ2) is 2.68. The maximum atomic E-state index is 12.5. The zero-order valence-electron chi connectivity index (χ0n) is 4.94. The van der Waals surface area contributed by atoms with Gasteiger partial charge in [-0.1, -0.05) is 11.6 Å². The molecule has 0 aliphatic carbocycles. The molecular weight excluding hydrogens is 173 g/mol. The Morgan fingerprint density at radius 1 is 1.50 bits per heavy atom. The Morgan fingerprint density at radius 2 is 2.10 bits per heavy atom. The second-order valence-electron chi connectivity index (χ2n) is 1.79. The fourth-order valence-electron chi connectivity index (χ4n) is 0.556. The van der Waals surface area contributed by atoms with Gasteiger partial charge >= 0.3 is 0 Å². The molecule has 0 aromatic heterocycles. The van der Waals surface area contributed by atoms with Crippen LogP contribution in [0.5, 0.6) is 0 Å². The lowest BCUT2D eigenvalue weighted by Gasteiger charge is -2.00. The van der Waals surface area contributed by atoms with Crippen LogP contribution in [-0.2, 0) is 0 Å². The van der Waals surface area contributed by atoms with Crippen molar-refractivity contribution in [1.82, 2.24) is 0 Å². The highest BCUT2D eigenvalue weighted by atomic mass is 35.5. The first-order chi connectivity index (χ1) is 4.63. The van der Waals surface area contributed by atoms with Crippen LogP contribution in [0.3, 0.4) is 0 Å². The van der Waals surface area contributed by atoms with Gasteiger partial charge in [-0.15, -0.1) is 12.6 Å². The molecule has 1 aromatic rings. The maximum Gasteiger partial charge on any atom is 0.143 e. The Hall–Kier alpha value is -0.410. The summed E-state index contributed by atoms with van der Waals surface area (Å²) in [4.78, 5) is 0.492. The van der Waals surface area contributed by atoms with Crippen LogP contribution in [0.1, 0.15) is 0 Å². The van der Waals surface area contributed by atoms with Crippen molar-refractivity contribution in [3.63, 3.8) is 0 Å². The molecule has 1 rings (SSSR count). The van der Waals surface area contributed by atoms with E-state index in [0.29, 0.717) is 4.90 Å². The summed E-state index contributed by atoms with van der Waals surface area (Å²) < 4.78 is 12.5. The quantitative estimate of drug-likeness (QED) is 0.462. The number of benzene rings is 1. The number of rotatable bonds is 0. The summed E-state index contributed by atoms with van der Waals surface area (Å²) in [5, 5.41) is -0.0625. The van der Waals surface area contributed by atoms with Crippen molar-refractivity contribution in [2.75, 3.05) is 5.73 Å². The molecule has 1 aromatic carbocycles. The molecule has 0 saturated heterocycles. The van der Waals surface area contributed by atoms with Crippen molar-refractivity contribution < 1.29 is 4.39 Å². The third-order valence-electron chi connectivity index (χ3n) is 1.11. The monoisotopic (exact) mass is 177 g/mol. The summed E-state index contributed by atoms with van der Waals surface area (Å²) in [7, 11) is 0. The van der Waals surface area contributed by atoms with Crippen LogP contribution in [0, 0.1) is 5.82 Å². The minimum Gasteiger partial charge on any atom is -0.397 e. The van der Waals surface area contributed by atoms with E-state index in [1.165, 1.54) is 12.1 Å². The molecule has 0 unspecified atom stereocenters. The lowest BCUT2D eigenvalue weighted by molar-refractivity contribution is 0.628. The summed E-state index contributed by atoms with van der Waals surface area (Å²) in [6.07, 6.45) is 0. The summed E-state index contributed by atoms with van der Waals surface area (Å²) in [5.41, 5.74) is 5.52. The van der Waals surface area contributed by atoms with Gasteiger partial charge in [-0.2, -0.15) is 0 Å². The molecule has 0 saturated carbocycles. The lowest BCUT2D eigenvalue weighted by atomic mass is 10.3. The van der Waals surface area contributed by atoms with Gasteiger partial charge in [0, 0.05) is 4.90 Å². The lowest BCUT2D eigenvalue weighted by Crippen LogP contribution is -1.90. The molecule has 0 spiro atoms. The van der Waals surface area contributed by atoms with Gasteiger partial charge in [-0.05, 0) is 12.1 Å². The van der Waals surface area contributed by atoms with Crippen LogP contribution in [0.25, 0.3) is 0 Å². The molecule has 10 heavy (non-hydrogen) atoms. The van der Waals surface area contributed by atoms with E-state index in [-0.39, 0.29) is 10.7 Å². The molecule has 2 N–H and O–H groups in total. The Morgan fingerprint density at radius 3 is 2.60 bits per heavy atom. The Labute approximate surface area is 68.4 Å². The molecule has 0 atom stereocenters. The Balaban J connectivity index is 3.34. The standard InChI is InChI=1S/C6H5ClFNS/c7-5-3(8)1-2-4(10)6(5)9/h1-2,10H,9H2. The zero-order chi connectivity index (χ0) is 7.72. The summed E-state index contributed by atoms with van der Waals surface area (Å²) in [6.45, 7) is 0. The van der Waals surface area contributed by atoms with Crippen molar-refractivity contribution in [2.24, 2.45) is 0 Å². The average molecular weight is 178 g/mol. The van der Waals surface area contributed by atoms with Gasteiger partial charge in [-0.3, -0.25) is 0 Å². The first-order valence-corrected chi connectivity index (χ1v) is 3.38. The number of hydrogen-bond donors (Lipinski definition) is 2. The topological polar surface area (TPSA) is 26.0 Å². The van der Waals surface area contributed by atoms with Crippen LogP contribution in [0.2, 0.25) is 5.02 Å². The van der Waals surface area contributed by atoms with E-state index in [4.69, 9.17) is 17.3 Å². The van der Waals surface area contributed by atoms with Gasteiger partial charge in [0.15, 0.2) is 0 Å². The SMILES string of the molecule is Nc1c(S)ccc(F)c1Cl. The number of nitrogen functional groups attached to an aromatic ring is 1. The third-order valence-corrected chi connectivity index (χ3v) is 1.88. The van der Waals surface area contributed by atoms with Crippen LogP contribution in [0.4, 0.5) is 10.1 Å². The molecule has 0 radical (unpaired) electrons. The van der Waals surface area contributed by atoms with E-state index in [2.05, 4.69) is 12.6 Å². The first kappa shape index (κ1) is 7.69. The van der Waals surface area contributed by atoms with Gasteiger partial charge in [0.1, 0.15) is 10.8 Å². The molecule has 0 aliphatic heterocycles. The number of halogens is 2. The fraction of sp³-hybridized carbons (Fsp3) is 0. The number of nitrogens with two attached hydrogens (primary N) is 1. The molecule has 1 nitrogen and oxygen atoms in total. The predicted molar refractivity (Wildman–Crippen MR) is 43.1 cm³/mol. The molecule has 0 aliphatic rings. The zero-order valence-corrected chi connectivity index (χ0v) is 6.59. The third kappa shape index (κ3) is 1.20. The number of hydrogen-bond acceptors (Lipinski definition) is 2. The first-order valence-electron chi connectivity index (χ1n) is 2.55. The number of anilines is 1. The Kier molecular flexibility index (Phi) is 2.06. The van der Waals surface area contributed by atoms with Gasteiger partial charge in [0.05, 0.1) is 5.69 Å². The van der Waals surface area contributed by atoms with Gasteiger partial charge in [0.2, 0.25) is 0 Å². The van der Waals surface area contributed by atoms with Crippen molar-refractivity contribution in [3.8, 4) is 0 Å². The van der Waals surface area contributed by atoms with Gasteiger partial charge < -0.3 is 5.73 Å². The van der Waals surface area contributed by atoms with Crippen LogP contribution < -0.4 is 5.73 Å². The molecular formula is C6H5ClFNS. The minimum atomic E-state index is -0.517. The molecule has 0 fully saturated rings. The average Bonchev–Trinajstić information content (AvgIpc) is 1.93. The molecule has 54 valence electrons. The molecule has 4 heteroatoms. The van der Waals surface area contributed by atoms with E-state index in [1.807, 2.05) is 0 Å². The van der Waals surface area contributed by atoms with Crippen molar-refractivity contribution in [1.29, 1.82) is 0 Å². The van der Waals surface area contributed by atoms with Gasteiger partial charge in [-0.25, -0.2) is 4.39 Å². The van der Waals surface area contributed by atoms with Crippen molar-refractivity contribution >= 4 is 29.9 Å². The minimum absolute atomic E-state index is 0.0625. The normalized spacial score (nSPS) is 9.90. The largest absolute Gasteiger partial charge is 0.397 e. The summed E-state index contributed by atoms with van der Waals surface area (Å²) in [5.74, 6) is -0.517. The maximum absolute atomic E-state index is 12.5. The molecule has 0 heterocycles. The molecule has 0 bridgehead atoms. The van der Waals surface area contributed by atoms with Crippen LogP contribution >= 0.6 is 24.2 Å². The van der Waals surface area contributed by atoms with Crippen molar-refractivity contribution in [3.05, 3.63) is 23.0 Å². The summed E-state index contributed by atoms with van der Waals surface area (Å²) >= 11 is 9.37. The van der Waals surface area contributed by atoms with Crippen LogP contribution in [-0.4, -0.2) is 0 Å². The van der Waals surface area contributed by atoms with Gasteiger partial charge in [0.25, 0.3) is 0 Å². The van der Waals surface area contributed by atoms with Crippen LogP contribution in [0.15, 0.2) is 17.0 Å². The highest BCUT2D eigenvalue weighted by Gasteiger charge is 2.04. The second-order valence-corrected chi connectivity index (χ2v) is 2.65. The van der Waals surface area contributed by atoms with E-state index >= 15 is 0 Å². The number of thiol groups is 1. The highest BCUT2D eigenvalue weighted by molar-refractivity contribution is 7.80. The Bertz CT molecular complexity index is 237. The smallest absolute Gasteiger partial charge is 0.143 e. The van der Waals surface area contributed by atoms with E-state index in [1.54, 1.807) is 0 Å².